The van der Waals surface area contributed by atoms with Gasteiger partial charge in [-0.2, -0.15) is 13.2 Å². The third kappa shape index (κ3) is 6.61. The molecule has 31 heavy (non-hydrogen) atoms. The highest BCUT2D eigenvalue weighted by atomic mass is 32.2. The Balaban J connectivity index is 1.39. The lowest BCUT2D eigenvalue weighted by Crippen LogP contribution is -2.49. The predicted octanol–water partition coefficient (Wildman–Crippen LogP) is 3.43. The molecule has 6 nitrogen and oxygen atoms in total. The van der Waals surface area contributed by atoms with Gasteiger partial charge < -0.3 is 15.1 Å². The van der Waals surface area contributed by atoms with Crippen LogP contribution in [0.2, 0.25) is 0 Å². The Morgan fingerprint density at radius 3 is 2.29 bits per heavy atom. The van der Waals surface area contributed by atoms with Gasteiger partial charge in [0, 0.05) is 38.1 Å². The molecule has 1 aromatic carbocycles. The van der Waals surface area contributed by atoms with Gasteiger partial charge in [0.1, 0.15) is 5.82 Å². The standard InChI is InChI=1S/C21H23F3N4O2S/c1-15-2-5-17(6-3-15)26-19(29)13-31-14-20(30)28-10-8-27(9-11-28)18-7-4-16(12-25-18)21(22,23)24/h2-7,12H,8-11,13-14H2,1H3,(H,26,29). The van der Waals surface area contributed by atoms with Crippen LogP contribution in [-0.2, 0) is 15.8 Å². The summed E-state index contributed by atoms with van der Waals surface area (Å²) in [5, 5.41) is 2.79. The fourth-order valence-corrected chi connectivity index (χ4v) is 3.80. The molecule has 0 radical (unpaired) electrons. The Kier molecular flexibility index (Phi) is 7.42. The Labute approximate surface area is 182 Å². The number of alkyl halides is 3. The number of pyridine rings is 1. The van der Waals surface area contributed by atoms with Crippen molar-refractivity contribution in [3.05, 3.63) is 53.7 Å². The number of nitrogens with zero attached hydrogens (tertiary/aromatic N) is 3. The number of anilines is 2. The quantitative estimate of drug-likeness (QED) is 0.728. The van der Waals surface area contributed by atoms with E-state index in [1.807, 2.05) is 36.1 Å². The molecule has 0 saturated carbocycles. The van der Waals surface area contributed by atoms with Crippen molar-refractivity contribution < 1.29 is 22.8 Å². The highest BCUT2D eigenvalue weighted by molar-refractivity contribution is 8.00. The number of carbonyl (C=O) groups excluding carboxylic acids is 2. The summed E-state index contributed by atoms with van der Waals surface area (Å²) < 4.78 is 38.0. The molecule has 2 heterocycles. The summed E-state index contributed by atoms with van der Waals surface area (Å²) in [6, 6.07) is 9.83. The van der Waals surface area contributed by atoms with Crippen LogP contribution in [0.1, 0.15) is 11.1 Å². The first-order valence-electron chi connectivity index (χ1n) is 9.72. The predicted molar refractivity (Wildman–Crippen MR) is 115 cm³/mol. The molecule has 0 unspecified atom stereocenters. The lowest BCUT2D eigenvalue weighted by Gasteiger charge is -2.35. The zero-order chi connectivity index (χ0) is 22.4. The average Bonchev–Trinajstić information content (AvgIpc) is 2.75. The van der Waals surface area contributed by atoms with Gasteiger partial charge in [-0.25, -0.2) is 4.98 Å². The van der Waals surface area contributed by atoms with Gasteiger partial charge in [-0.1, -0.05) is 17.7 Å². The topological polar surface area (TPSA) is 65.5 Å². The van der Waals surface area contributed by atoms with E-state index in [0.717, 1.165) is 23.5 Å². The van der Waals surface area contributed by atoms with Gasteiger partial charge in [0.25, 0.3) is 0 Å². The number of carbonyl (C=O) groups is 2. The summed E-state index contributed by atoms with van der Waals surface area (Å²) in [7, 11) is 0. The first kappa shape index (κ1) is 22.9. The fourth-order valence-electron chi connectivity index (χ4n) is 3.08. The maximum atomic E-state index is 12.7. The molecule has 2 amide bonds. The zero-order valence-electron chi connectivity index (χ0n) is 17.0. The Morgan fingerprint density at radius 2 is 1.71 bits per heavy atom. The van der Waals surface area contributed by atoms with Crippen molar-refractivity contribution in [2.75, 3.05) is 47.9 Å². The number of aromatic nitrogens is 1. The van der Waals surface area contributed by atoms with Crippen molar-refractivity contribution >= 4 is 35.1 Å². The first-order valence-corrected chi connectivity index (χ1v) is 10.9. The summed E-state index contributed by atoms with van der Waals surface area (Å²) >= 11 is 1.25. The normalized spacial score (nSPS) is 14.5. The highest BCUT2D eigenvalue weighted by Crippen LogP contribution is 2.29. The molecule has 0 atom stereocenters. The van der Waals surface area contributed by atoms with Gasteiger partial charge >= 0.3 is 6.18 Å². The van der Waals surface area contributed by atoms with Crippen LogP contribution >= 0.6 is 11.8 Å². The van der Waals surface area contributed by atoms with E-state index in [9.17, 15) is 22.8 Å². The van der Waals surface area contributed by atoms with Crippen LogP contribution in [0.25, 0.3) is 0 Å². The van der Waals surface area contributed by atoms with Crippen molar-refractivity contribution in [2.45, 2.75) is 13.1 Å². The molecule has 3 rings (SSSR count). The van der Waals surface area contributed by atoms with Crippen LogP contribution in [0.15, 0.2) is 42.6 Å². The molecule has 1 aliphatic heterocycles. The molecule has 1 N–H and O–H groups in total. The van der Waals surface area contributed by atoms with Crippen LogP contribution in [0, 0.1) is 6.92 Å². The van der Waals surface area contributed by atoms with Crippen molar-refractivity contribution in [3.8, 4) is 0 Å². The molecule has 0 aliphatic carbocycles. The third-order valence-corrected chi connectivity index (χ3v) is 5.74. The second-order valence-electron chi connectivity index (χ2n) is 7.18. The van der Waals surface area contributed by atoms with Crippen LogP contribution < -0.4 is 10.2 Å². The van der Waals surface area contributed by atoms with E-state index >= 15 is 0 Å². The maximum Gasteiger partial charge on any atom is 0.417 e. The van der Waals surface area contributed by atoms with E-state index in [-0.39, 0.29) is 23.3 Å². The van der Waals surface area contributed by atoms with E-state index < -0.39 is 11.7 Å². The molecule has 1 fully saturated rings. The molecule has 2 aromatic rings. The number of thioether (sulfide) groups is 1. The molecule has 0 bridgehead atoms. The monoisotopic (exact) mass is 452 g/mol. The minimum Gasteiger partial charge on any atom is -0.353 e. The van der Waals surface area contributed by atoms with Crippen LogP contribution in [-0.4, -0.2) is 59.4 Å². The van der Waals surface area contributed by atoms with Crippen molar-refractivity contribution in [1.29, 1.82) is 0 Å². The molecule has 10 heteroatoms. The fraction of sp³-hybridized carbons (Fsp3) is 0.381. The number of halogens is 3. The number of aryl methyl sites for hydroxylation is 1. The van der Waals surface area contributed by atoms with E-state index in [1.54, 1.807) is 4.90 Å². The maximum absolute atomic E-state index is 12.7. The molecule has 0 spiro atoms. The van der Waals surface area contributed by atoms with E-state index in [2.05, 4.69) is 10.3 Å². The Hall–Kier alpha value is -2.75. The van der Waals surface area contributed by atoms with Crippen molar-refractivity contribution in [2.24, 2.45) is 0 Å². The zero-order valence-corrected chi connectivity index (χ0v) is 17.8. The summed E-state index contributed by atoms with van der Waals surface area (Å²) in [5.74, 6) is 0.602. The van der Waals surface area contributed by atoms with Crippen LogP contribution in [0.5, 0.6) is 0 Å². The van der Waals surface area contributed by atoms with Gasteiger partial charge in [-0.3, -0.25) is 9.59 Å². The lowest BCUT2D eigenvalue weighted by molar-refractivity contribution is -0.137. The van der Waals surface area contributed by atoms with Crippen molar-refractivity contribution in [1.82, 2.24) is 9.88 Å². The van der Waals surface area contributed by atoms with Crippen LogP contribution in [0.4, 0.5) is 24.7 Å². The molecule has 1 aromatic heterocycles. The molecular formula is C21H23F3N4O2S. The van der Waals surface area contributed by atoms with Gasteiger partial charge in [0.15, 0.2) is 0 Å². The number of hydrogen-bond acceptors (Lipinski definition) is 5. The van der Waals surface area contributed by atoms with E-state index in [4.69, 9.17) is 0 Å². The van der Waals surface area contributed by atoms with Gasteiger partial charge in [-0.15, -0.1) is 11.8 Å². The second kappa shape index (κ2) is 10.0. The molecule has 1 aliphatic rings. The number of amides is 2. The number of piperazine rings is 1. The van der Waals surface area contributed by atoms with E-state index in [1.165, 1.54) is 17.8 Å². The molecule has 1 saturated heterocycles. The first-order chi connectivity index (χ1) is 14.7. The minimum absolute atomic E-state index is 0.0619. The largest absolute Gasteiger partial charge is 0.417 e. The number of benzene rings is 1. The Morgan fingerprint density at radius 1 is 1.03 bits per heavy atom. The SMILES string of the molecule is Cc1ccc(NC(=O)CSCC(=O)N2CCN(c3ccc(C(F)(F)F)cn3)CC2)cc1. The van der Waals surface area contributed by atoms with Crippen LogP contribution in [0.3, 0.4) is 0 Å². The molecule has 166 valence electrons. The third-order valence-electron chi connectivity index (χ3n) is 4.83. The highest BCUT2D eigenvalue weighted by Gasteiger charge is 2.31. The number of rotatable bonds is 6. The number of hydrogen-bond donors (Lipinski definition) is 1. The smallest absolute Gasteiger partial charge is 0.353 e. The summed E-state index contributed by atoms with van der Waals surface area (Å²) in [5.41, 5.74) is 1.04. The van der Waals surface area contributed by atoms with Gasteiger partial charge in [0.2, 0.25) is 11.8 Å². The summed E-state index contributed by atoms with van der Waals surface area (Å²) in [6.07, 6.45) is -3.59. The molecular weight excluding hydrogens is 429 g/mol. The van der Waals surface area contributed by atoms with Gasteiger partial charge in [-0.05, 0) is 31.2 Å². The number of nitrogens with one attached hydrogen (secondary N) is 1. The lowest BCUT2D eigenvalue weighted by atomic mass is 10.2. The summed E-state index contributed by atoms with van der Waals surface area (Å²) in [4.78, 5) is 31.8. The average molecular weight is 453 g/mol. The Bertz CT molecular complexity index is 896. The van der Waals surface area contributed by atoms with Crippen molar-refractivity contribution in [3.63, 3.8) is 0 Å². The minimum atomic E-state index is -4.41. The summed E-state index contributed by atoms with van der Waals surface area (Å²) in [6.45, 7) is 3.85. The second-order valence-corrected chi connectivity index (χ2v) is 8.16. The van der Waals surface area contributed by atoms with Gasteiger partial charge in [0.05, 0.1) is 17.1 Å². The van der Waals surface area contributed by atoms with E-state index in [0.29, 0.717) is 32.0 Å².